The third-order valence-electron chi connectivity index (χ3n) is 2.69. The van der Waals surface area contributed by atoms with Crippen LogP contribution in [0.2, 0.25) is 0 Å². The van der Waals surface area contributed by atoms with Crippen LogP contribution in [0.15, 0.2) is 22.8 Å². The van der Waals surface area contributed by atoms with Crippen molar-refractivity contribution in [1.29, 1.82) is 0 Å². The van der Waals surface area contributed by atoms with E-state index in [9.17, 15) is 9.90 Å². The van der Waals surface area contributed by atoms with E-state index in [0.29, 0.717) is 18.8 Å². The van der Waals surface area contributed by atoms with Crippen LogP contribution >= 0.6 is 0 Å². The second kappa shape index (κ2) is 3.79. The Bertz CT molecular complexity index is 343. The van der Waals surface area contributed by atoms with Crippen LogP contribution < -0.4 is 0 Å². The van der Waals surface area contributed by atoms with Crippen LogP contribution in [0.3, 0.4) is 0 Å². The number of furan rings is 1. The molecule has 0 radical (unpaired) electrons. The summed E-state index contributed by atoms with van der Waals surface area (Å²) in [5.74, 6) is 0.360. The van der Waals surface area contributed by atoms with Gasteiger partial charge in [0.2, 0.25) is 5.78 Å². The van der Waals surface area contributed by atoms with E-state index < -0.39 is 5.60 Å². The Labute approximate surface area is 88.5 Å². The summed E-state index contributed by atoms with van der Waals surface area (Å²) in [5.41, 5.74) is -0.649. The van der Waals surface area contributed by atoms with Crippen molar-refractivity contribution in [3.05, 3.63) is 24.2 Å². The quantitative estimate of drug-likeness (QED) is 0.752. The fourth-order valence-electron chi connectivity index (χ4n) is 1.89. The molecule has 1 N–H and O–H groups in total. The molecule has 0 saturated carbocycles. The summed E-state index contributed by atoms with van der Waals surface area (Å²) in [6.45, 7) is 3.44. The van der Waals surface area contributed by atoms with Gasteiger partial charge in [-0.05, 0) is 25.5 Å². The molecule has 2 heterocycles. The average Bonchev–Trinajstić information content (AvgIpc) is 2.74. The van der Waals surface area contributed by atoms with Crippen molar-refractivity contribution in [2.24, 2.45) is 0 Å². The largest absolute Gasteiger partial charge is 0.461 e. The van der Waals surface area contributed by atoms with E-state index in [1.54, 1.807) is 19.1 Å². The first kappa shape index (κ1) is 10.4. The Morgan fingerprint density at radius 3 is 3.07 bits per heavy atom. The number of likely N-dealkylation sites (tertiary alicyclic amines) is 1. The van der Waals surface area contributed by atoms with Crippen molar-refractivity contribution < 1.29 is 14.3 Å². The number of carbonyl (C=O) groups is 1. The van der Waals surface area contributed by atoms with Crippen LogP contribution in [0.1, 0.15) is 23.9 Å². The maximum Gasteiger partial charge on any atom is 0.211 e. The number of β-amino-alcohol motifs (C(OH)–C–C–N with tert-alkyl or cyclic N) is 1. The molecule has 1 unspecified atom stereocenters. The van der Waals surface area contributed by atoms with Gasteiger partial charge in [0.15, 0.2) is 5.76 Å². The zero-order valence-electron chi connectivity index (χ0n) is 8.77. The van der Waals surface area contributed by atoms with Gasteiger partial charge >= 0.3 is 0 Å². The lowest BCUT2D eigenvalue weighted by Gasteiger charge is -2.17. The van der Waals surface area contributed by atoms with E-state index >= 15 is 0 Å². The molecule has 82 valence electrons. The number of nitrogens with zero attached hydrogens (tertiary/aromatic N) is 1. The molecule has 0 aliphatic carbocycles. The zero-order valence-corrected chi connectivity index (χ0v) is 8.77. The molecule has 1 aromatic rings. The minimum atomic E-state index is -0.649. The molecule has 15 heavy (non-hydrogen) atoms. The summed E-state index contributed by atoms with van der Waals surface area (Å²) >= 11 is 0. The standard InChI is InChI=1S/C11H15NO3/c1-11(14)4-5-12(8-11)7-9(13)10-3-2-6-15-10/h2-3,6,14H,4-5,7-8H2,1H3. The third-order valence-corrected chi connectivity index (χ3v) is 2.69. The molecule has 0 spiro atoms. The van der Waals surface area contributed by atoms with Crippen molar-refractivity contribution in [1.82, 2.24) is 4.90 Å². The first-order valence-electron chi connectivity index (χ1n) is 5.08. The molecule has 1 atom stereocenters. The summed E-state index contributed by atoms with van der Waals surface area (Å²) in [7, 11) is 0. The van der Waals surface area contributed by atoms with Crippen molar-refractivity contribution in [2.75, 3.05) is 19.6 Å². The van der Waals surface area contributed by atoms with Gasteiger partial charge in [-0.1, -0.05) is 0 Å². The lowest BCUT2D eigenvalue weighted by molar-refractivity contribution is 0.0664. The Kier molecular flexibility index (Phi) is 2.63. The summed E-state index contributed by atoms with van der Waals surface area (Å²) in [5, 5.41) is 9.73. The lowest BCUT2D eigenvalue weighted by Crippen LogP contribution is -2.32. The van der Waals surface area contributed by atoms with Crippen LogP contribution in [0.5, 0.6) is 0 Å². The van der Waals surface area contributed by atoms with Crippen LogP contribution in [0.4, 0.5) is 0 Å². The zero-order chi connectivity index (χ0) is 10.9. The van der Waals surface area contributed by atoms with E-state index in [2.05, 4.69) is 0 Å². The van der Waals surface area contributed by atoms with Crippen LogP contribution in [0, 0.1) is 0 Å². The lowest BCUT2D eigenvalue weighted by atomic mass is 10.1. The maximum absolute atomic E-state index is 11.7. The number of rotatable bonds is 3. The normalized spacial score (nSPS) is 27.1. The highest BCUT2D eigenvalue weighted by Gasteiger charge is 2.32. The Morgan fingerprint density at radius 2 is 2.53 bits per heavy atom. The number of Topliss-reactive ketones (excluding diaryl/α,β-unsaturated/α-hetero) is 1. The molecule has 1 aliphatic heterocycles. The fourth-order valence-corrected chi connectivity index (χ4v) is 1.89. The van der Waals surface area contributed by atoms with Crippen LogP contribution in [-0.4, -0.2) is 41.0 Å². The van der Waals surface area contributed by atoms with Gasteiger partial charge in [0, 0.05) is 13.1 Å². The van der Waals surface area contributed by atoms with Gasteiger partial charge in [-0.15, -0.1) is 0 Å². The topological polar surface area (TPSA) is 53.7 Å². The van der Waals surface area contributed by atoms with Gasteiger partial charge in [-0.2, -0.15) is 0 Å². The molecule has 0 aromatic carbocycles. The van der Waals surface area contributed by atoms with E-state index in [-0.39, 0.29) is 5.78 Å². The second-order valence-electron chi connectivity index (χ2n) is 4.36. The highest BCUT2D eigenvalue weighted by atomic mass is 16.3. The second-order valence-corrected chi connectivity index (χ2v) is 4.36. The molecular weight excluding hydrogens is 194 g/mol. The first-order chi connectivity index (χ1) is 7.07. The molecule has 0 bridgehead atoms. The van der Waals surface area contributed by atoms with Gasteiger partial charge in [0.05, 0.1) is 18.4 Å². The van der Waals surface area contributed by atoms with Crippen molar-refractivity contribution in [2.45, 2.75) is 18.9 Å². The summed E-state index contributed by atoms with van der Waals surface area (Å²) < 4.78 is 5.02. The van der Waals surface area contributed by atoms with Crippen molar-refractivity contribution in [3.8, 4) is 0 Å². The number of hydrogen-bond acceptors (Lipinski definition) is 4. The Balaban J connectivity index is 1.91. The van der Waals surface area contributed by atoms with Crippen LogP contribution in [-0.2, 0) is 0 Å². The van der Waals surface area contributed by atoms with E-state index in [1.807, 2.05) is 4.90 Å². The van der Waals surface area contributed by atoms with E-state index in [4.69, 9.17) is 4.42 Å². The van der Waals surface area contributed by atoms with E-state index in [0.717, 1.165) is 13.0 Å². The Hall–Kier alpha value is -1.13. The molecule has 4 heteroatoms. The highest BCUT2D eigenvalue weighted by molar-refractivity contribution is 5.95. The monoisotopic (exact) mass is 209 g/mol. The summed E-state index contributed by atoms with van der Waals surface area (Å²) in [4.78, 5) is 13.6. The third kappa shape index (κ3) is 2.46. The molecule has 2 rings (SSSR count). The SMILES string of the molecule is CC1(O)CCN(CC(=O)c2ccco2)C1. The summed E-state index contributed by atoms with van der Waals surface area (Å²) in [6.07, 6.45) is 2.21. The number of carbonyl (C=O) groups excluding carboxylic acids is 1. The molecule has 1 aliphatic rings. The summed E-state index contributed by atoms with van der Waals surface area (Å²) in [6, 6.07) is 3.37. The molecule has 1 saturated heterocycles. The first-order valence-corrected chi connectivity index (χ1v) is 5.08. The molecule has 0 amide bonds. The minimum Gasteiger partial charge on any atom is -0.461 e. The smallest absolute Gasteiger partial charge is 0.211 e. The van der Waals surface area contributed by atoms with E-state index in [1.165, 1.54) is 6.26 Å². The average molecular weight is 209 g/mol. The molecule has 1 fully saturated rings. The molecular formula is C11H15NO3. The highest BCUT2D eigenvalue weighted by Crippen LogP contribution is 2.20. The van der Waals surface area contributed by atoms with Gasteiger partial charge in [-0.3, -0.25) is 9.69 Å². The van der Waals surface area contributed by atoms with Crippen molar-refractivity contribution >= 4 is 5.78 Å². The number of hydrogen-bond donors (Lipinski definition) is 1. The van der Waals surface area contributed by atoms with Gasteiger partial charge in [0.1, 0.15) is 0 Å². The van der Waals surface area contributed by atoms with Crippen LogP contribution in [0.25, 0.3) is 0 Å². The van der Waals surface area contributed by atoms with Gasteiger partial charge in [0.25, 0.3) is 0 Å². The molecule has 1 aromatic heterocycles. The minimum absolute atomic E-state index is 0.0299. The number of aliphatic hydroxyl groups is 1. The predicted octanol–water partition coefficient (Wildman–Crippen LogP) is 0.919. The number of ketones is 1. The maximum atomic E-state index is 11.7. The van der Waals surface area contributed by atoms with Gasteiger partial charge < -0.3 is 9.52 Å². The van der Waals surface area contributed by atoms with Gasteiger partial charge in [-0.25, -0.2) is 0 Å². The fraction of sp³-hybridized carbons (Fsp3) is 0.545. The Morgan fingerprint density at radius 1 is 1.73 bits per heavy atom. The molecule has 4 nitrogen and oxygen atoms in total. The van der Waals surface area contributed by atoms with Crippen molar-refractivity contribution in [3.63, 3.8) is 0 Å². The predicted molar refractivity (Wildman–Crippen MR) is 54.7 cm³/mol.